The monoisotopic (exact) mass is 526 g/mol. The SMILES string of the molecule is CCO[Si](CCCSC#N)(OCC)OCC.CCO[Si](OCC)(OCC)C(CC)SC#N. The molecule has 188 valence electrons. The Morgan fingerprint density at radius 2 is 1.12 bits per heavy atom. The second kappa shape index (κ2) is 22.7. The van der Waals surface area contributed by atoms with Gasteiger partial charge in [-0.3, -0.25) is 0 Å². The molecule has 32 heavy (non-hydrogen) atoms. The second-order valence-corrected chi connectivity index (χ2v) is 13.8. The maximum absolute atomic E-state index is 8.80. The molecule has 12 heteroatoms. The highest BCUT2D eigenvalue weighted by molar-refractivity contribution is 8.05. The first kappa shape index (κ1) is 34.0. The first-order valence-electron chi connectivity index (χ1n) is 11.3. The van der Waals surface area contributed by atoms with E-state index < -0.39 is 17.6 Å². The molecule has 0 aliphatic rings. The number of thiocyanates is 2. The van der Waals surface area contributed by atoms with Gasteiger partial charge in [0, 0.05) is 51.4 Å². The first-order chi connectivity index (χ1) is 15.4. The van der Waals surface area contributed by atoms with Crippen molar-refractivity contribution in [2.75, 3.05) is 45.4 Å². The number of rotatable bonds is 19. The van der Waals surface area contributed by atoms with Crippen molar-refractivity contribution in [3.05, 3.63) is 0 Å². The van der Waals surface area contributed by atoms with Crippen LogP contribution in [-0.2, 0) is 26.6 Å². The lowest BCUT2D eigenvalue weighted by Crippen LogP contribution is -2.55. The summed E-state index contributed by atoms with van der Waals surface area (Å²) in [5, 5.41) is 21.4. The lowest BCUT2D eigenvalue weighted by molar-refractivity contribution is 0.0690. The summed E-state index contributed by atoms with van der Waals surface area (Å²) < 4.78 is 34.3. The maximum atomic E-state index is 8.80. The van der Waals surface area contributed by atoms with Crippen LogP contribution in [0.2, 0.25) is 6.04 Å². The Morgan fingerprint density at radius 1 is 0.688 bits per heavy atom. The fourth-order valence-corrected chi connectivity index (χ4v) is 10.3. The molecule has 0 N–H and O–H groups in total. The standard InChI is InChI=1S/2C10H21NO3SSi/c1-5-10(15-9-11)16(12-6-2,13-7-3)14-8-4;1-4-12-16(13-5-2,14-6-3)9-7-8-15-10-11/h10H,5-8H2,1-4H3;4-9H2,1-3H3. The molecule has 0 fully saturated rings. The molecule has 0 aromatic heterocycles. The van der Waals surface area contributed by atoms with Crippen molar-refractivity contribution in [1.82, 2.24) is 0 Å². The Morgan fingerprint density at radius 3 is 1.44 bits per heavy atom. The van der Waals surface area contributed by atoms with Crippen LogP contribution in [0, 0.1) is 21.3 Å². The maximum Gasteiger partial charge on any atom is 0.515 e. The quantitative estimate of drug-likeness (QED) is 0.127. The van der Waals surface area contributed by atoms with Gasteiger partial charge in [-0.15, -0.1) is 0 Å². The largest absolute Gasteiger partial charge is 0.515 e. The third-order valence-corrected chi connectivity index (χ3v) is 12.9. The fourth-order valence-electron chi connectivity index (χ4n) is 2.88. The van der Waals surface area contributed by atoms with E-state index in [2.05, 4.69) is 10.8 Å². The van der Waals surface area contributed by atoms with Crippen molar-refractivity contribution in [1.29, 1.82) is 10.5 Å². The van der Waals surface area contributed by atoms with E-state index >= 15 is 0 Å². The number of hydrogen-bond donors (Lipinski definition) is 0. The van der Waals surface area contributed by atoms with Gasteiger partial charge >= 0.3 is 17.6 Å². The zero-order valence-electron chi connectivity index (χ0n) is 20.8. The van der Waals surface area contributed by atoms with Crippen molar-refractivity contribution in [3.63, 3.8) is 0 Å². The molecule has 8 nitrogen and oxygen atoms in total. The van der Waals surface area contributed by atoms with Crippen molar-refractivity contribution in [2.45, 2.75) is 72.2 Å². The average Bonchev–Trinajstić information content (AvgIpc) is 2.76. The Labute approximate surface area is 206 Å². The fraction of sp³-hybridized carbons (Fsp3) is 0.900. The number of hydrogen-bond acceptors (Lipinski definition) is 10. The van der Waals surface area contributed by atoms with Crippen LogP contribution in [0.3, 0.4) is 0 Å². The van der Waals surface area contributed by atoms with E-state index in [1.165, 1.54) is 23.5 Å². The van der Waals surface area contributed by atoms with Gasteiger partial charge in [0.2, 0.25) is 0 Å². The molecule has 0 aromatic carbocycles. The average molecular weight is 527 g/mol. The van der Waals surface area contributed by atoms with Crippen LogP contribution >= 0.6 is 23.5 Å². The zero-order chi connectivity index (χ0) is 24.7. The Hall–Kier alpha value is -0.126. The highest BCUT2D eigenvalue weighted by Gasteiger charge is 2.49. The minimum Gasteiger partial charge on any atom is -0.374 e. The normalized spacial score (nSPS) is 12.4. The summed E-state index contributed by atoms with van der Waals surface area (Å²) >= 11 is 2.46. The smallest absolute Gasteiger partial charge is 0.374 e. The molecule has 0 radical (unpaired) electrons. The van der Waals surface area contributed by atoms with Gasteiger partial charge in [-0.1, -0.05) is 6.92 Å². The van der Waals surface area contributed by atoms with E-state index in [4.69, 9.17) is 37.1 Å². The van der Waals surface area contributed by atoms with E-state index in [0.29, 0.717) is 39.6 Å². The van der Waals surface area contributed by atoms with E-state index in [1.54, 1.807) is 0 Å². The summed E-state index contributed by atoms with van der Waals surface area (Å²) in [5.41, 5.74) is 0. The molecule has 0 spiro atoms. The highest BCUT2D eigenvalue weighted by atomic mass is 32.2. The summed E-state index contributed by atoms with van der Waals surface area (Å²) in [6.07, 6.45) is 1.70. The third kappa shape index (κ3) is 14.2. The Bertz CT molecular complexity index is 489. The van der Waals surface area contributed by atoms with Crippen LogP contribution in [0.5, 0.6) is 0 Å². The number of nitrogens with zero attached hydrogens (tertiary/aromatic N) is 2. The van der Waals surface area contributed by atoms with Crippen molar-refractivity contribution in [2.24, 2.45) is 0 Å². The molecule has 0 amide bonds. The predicted molar refractivity (Wildman–Crippen MR) is 136 cm³/mol. The van der Waals surface area contributed by atoms with Crippen LogP contribution in [0.1, 0.15) is 61.3 Å². The molecule has 0 heterocycles. The molecule has 0 aromatic rings. The van der Waals surface area contributed by atoms with Gasteiger partial charge in [-0.2, -0.15) is 10.5 Å². The minimum absolute atomic E-state index is 0.00245. The Balaban J connectivity index is 0. The van der Waals surface area contributed by atoms with Crippen LogP contribution < -0.4 is 0 Å². The van der Waals surface area contributed by atoms with E-state index in [9.17, 15) is 0 Å². The molecule has 0 bridgehead atoms. The van der Waals surface area contributed by atoms with Gasteiger partial charge in [-0.05, 0) is 77.9 Å². The van der Waals surface area contributed by atoms with Crippen LogP contribution in [0.25, 0.3) is 0 Å². The van der Waals surface area contributed by atoms with Gasteiger partial charge in [0.15, 0.2) is 0 Å². The van der Waals surface area contributed by atoms with Gasteiger partial charge in [0.25, 0.3) is 0 Å². The summed E-state index contributed by atoms with van der Waals surface area (Å²) in [7, 11) is -5.17. The summed E-state index contributed by atoms with van der Waals surface area (Å²) in [6, 6.07) is 0.789. The van der Waals surface area contributed by atoms with Gasteiger partial charge in [0.1, 0.15) is 10.8 Å². The zero-order valence-corrected chi connectivity index (χ0v) is 24.4. The molecule has 0 saturated carbocycles. The molecule has 1 unspecified atom stereocenters. The molecule has 0 saturated heterocycles. The van der Waals surface area contributed by atoms with Gasteiger partial charge < -0.3 is 26.6 Å². The van der Waals surface area contributed by atoms with Crippen LogP contribution in [0.4, 0.5) is 0 Å². The lowest BCUT2D eigenvalue weighted by Gasteiger charge is -2.33. The van der Waals surface area contributed by atoms with Crippen LogP contribution in [-0.4, -0.2) is 67.9 Å². The van der Waals surface area contributed by atoms with E-state index in [-0.39, 0.29) is 4.87 Å². The van der Waals surface area contributed by atoms with Gasteiger partial charge in [-0.25, -0.2) is 0 Å². The molecule has 1 atom stereocenters. The van der Waals surface area contributed by atoms with Crippen molar-refractivity contribution >= 4 is 41.1 Å². The third-order valence-electron chi connectivity index (χ3n) is 3.88. The Kier molecular flexibility index (Phi) is 24.1. The van der Waals surface area contributed by atoms with E-state index in [1.807, 2.05) is 48.5 Å². The topological polar surface area (TPSA) is 103 Å². The highest BCUT2D eigenvalue weighted by Crippen LogP contribution is 2.27. The number of nitriles is 2. The molecular formula is C20H42N2O6S2Si2. The summed E-state index contributed by atoms with van der Waals surface area (Å²) in [6.45, 7) is 17.1. The lowest BCUT2D eigenvalue weighted by atomic mass is 10.6. The van der Waals surface area contributed by atoms with E-state index in [0.717, 1.165) is 24.6 Å². The molecule has 0 aliphatic carbocycles. The second-order valence-electron chi connectivity index (χ2n) is 6.03. The summed E-state index contributed by atoms with van der Waals surface area (Å²) in [4.78, 5) is -0.00245. The minimum atomic E-state index is -2.71. The molecule has 0 aliphatic heterocycles. The first-order valence-corrected chi connectivity index (χ1v) is 16.9. The molecule has 0 rings (SSSR count). The number of thioether (sulfide) groups is 2. The predicted octanol–water partition coefficient (Wildman–Crippen LogP) is 5.21. The van der Waals surface area contributed by atoms with Crippen molar-refractivity contribution in [3.8, 4) is 10.8 Å². The van der Waals surface area contributed by atoms with Crippen molar-refractivity contribution < 1.29 is 26.6 Å². The molecular weight excluding hydrogens is 485 g/mol. The summed E-state index contributed by atoms with van der Waals surface area (Å²) in [5.74, 6) is 0.804. The van der Waals surface area contributed by atoms with Crippen LogP contribution in [0.15, 0.2) is 0 Å². The van der Waals surface area contributed by atoms with Gasteiger partial charge in [0.05, 0.1) is 4.87 Å².